The van der Waals surface area contributed by atoms with Crippen LogP contribution < -0.4 is 21.7 Å². The third-order valence-corrected chi connectivity index (χ3v) is 11.6. The highest BCUT2D eigenvalue weighted by Crippen LogP contribution is 2.60. The largest absolute Gasteiger partial charge is 0.508 e. The van der Waals surface area contributed by atoms with E-state index < -0.39 is 24.1 Å². The molecule has 55 heavy (non-hydrogen) atoms. The zero-order chi connectivity index (χ0) is 39.4. The minimum Gasteiger partial charge on any atom is -0.508 e. The molecule has 0 heterocycles. The first kappa shape index (κ1) is 42.1. The average molecular weight is 764 g/mol. The summed E-state index contributed by atoms with van der Waals surface area (Å²) >= 11 is 0. The molecule has 0 aromatic heterocycles. The third kappa shape index (κ3) is 11.5. The van der Waals surface area contributed by atoms with Gasteiger partial charge in [0.2, 0.25) is 5.91 Å². The van der Waals surface area contributed by atoms with Crippen LogP contribution in [0.15, 0.2) is 53.7 Å². The predicted octanol–water partition coefficient (Wildman–Crippen LogP) is 3.35. The van der Waals surface area contributed by atoms with Crippen LogP contribution in [-0.2, 0) is 41.5 Å². The molecule has 5 rings (SSSR count). The van der Waals surface area contributed by atoms with Crippen LogP contribution in [0.2, 0.25) is 0 Å². The van der Waals surface area contributed by atoms with Crippen molar-refractivity contribution in [3.8, 4) is 5.75 Å². The molecule has 0 saturated heterocycles. The molecule has 13 nitrogen and oxygen atoms in total. The number of amides is 3. The first-order valence-electron chi connectivity index (χ1n) is 19.9. The number of carbonyl (C=O) groups excluding carboxylic acids is 3. The number of rotatable bonds is 20. The number of benzene rings is 2. The van der Waals surface area contributed by atoms with E-state index in [1.165, 1.54) is 11.1 Å². The lowest BCUT2D eigenvalue weighted by molar-refractivity contribution is -0.135. The number of fused-ring (bicyclic) bond motifs is 5. The predicted molar refractivity (Wildman–Crippen MR) is 209 cm³/mol. The van der Waals surface area contributed by atoms with Crippen LogP contribution in [0, 0.1) is 23.2 Å². The van der Waals surface area contributed by atoms with E-state index in [0.717, 1.165) is 49.8 Å². The highest BCUT2D eigenvalue weighted by atomic mass is 16.6. The molecule has 0 unspecified atom stereocenters. The summed E-state index contributed by atoms with van der Waals surface area (Å²) in [5.41, 5.74) is 10.8. The number of hydrogen-bond acceptors (Lipinski definition) is 10. The van der Waals surface area contributed by atoms with Crippen molar-refractivity contribution in [3.63, 3.8) is 0 Å². The Labute approximate surface area is 325 Å². The van der Waals surface area contributed by atoms with E-state index in [-0.39, 0.29) is 42.9 Å². The van der Waals surface area contributed by atoms with E-state index in [2.05, 4.69) is 34.1 Å². The first-order chi connectivity index (χ1) is 26.5. The van der Waals surface area contributed by atoms with Gasteiger partial charge in [-0.3, -0.25) is 14.4 Å². The molecule has 2 saturated carbocycles. The lowest BCUT2D eigenvalue weighted by Crippen LogP contribution is -2.54. The van der Waals surface area contributed by atoms with E-state index in [0.29, 0.717) is 62.7 Å². The Morgan fingerprint density at radius 3 is 2.40 bits per heavy atom. The summed E-state index contributed by atoms with van der Waals surface area (Å²) in [6.45, 7) is 7.80. The number of aromatic hydroxyl groups is 1. The summed E-state index contributed by atoms with van der Waals surface area (Å²) in [6.07, 6.45) is 5.51. The van der Waals surface area contributed by atoms with Crippen LogP contribution in [0.4, 0.5) is 0 Å². The number of phenols is 1. The second-order valence-corrected chi connectivity index (χ2v) is 16.0. The van der Waals surface area contributed by atoms with Crippen LogP contribution in [-0.4, -0.2) is 98.0 Å². The van der Waals surface area contributed by atoms with Crippen molar-refractivity contribution < 1.29 is 38.9 Å². The fourth-order valence-corrected chi connectivity index (χ4v) is 8.83. The van der Waals surface area contributed by atoms with Gasteiger partial charge in [-0.2, -0.15) is 0 Å². The van der Waals surface area contributed by atoms with Crippen molar-refractivity contribution in [1.82, 2.24) is 16.0 Å². The number of nitrogens with two attached hydrogens (primary N) is 1. The van der Waals surface area contributed by atoms with Crippen LogP contribution in [0.1, 0.15) is 81.9 Å². The summed E-state index contributed by atoms with van der Waals surface area (Å²) in [5.74, 6) is 0.849. The van der Waals surface area contributed by atoms with E-state index >= 15 is 0 Å². The second kappa shape index (κ2) is 20.2. The standard InChI is InChI=1S/C42H61N5O8/c1-27(2)23-36(46-41(52)39(50)35(43)24-28-7-5-4-6-8-28)40(51)45-18-20-54-22-21-53-19-17-44-38(49)26-55-47-37-14-13-34-33-11-9-29-25-30(48)10-12-31(29)32(33)15-16-42(34,37)3/h4-8,10,12,25,27,32-36,39,48,50H,9,11,13-24,26,43H2,1-3H3,(H,44,49)(H,45,51)(H,46,52)/t32-,33-,34+,35-,36+,39+,42+/m1/s1. The monoisotopic (exact) mass is 763 g/mol. The Hall–Kier alpha value is -4.04. The van der Waals surface area contributed by atoms with Crippen LogP contribution >= 0.6 is 0 Å². The smallest absolute Gasteiger partial charge is 0.260 e. The summed E-state index contributed by atoms with van der Waals surface area (Å²) in [4.78, 5) is 43.6. The summed E-state index contributed by atoms with van der Waals surface area (Å²) in [7, 11) is 0. The Bertz CT molecular complexity index is 1610. The molecule has 2 aromatic rings. The van der Waals surface area contributed by atoms with Gasteiger partial charge in [0, 0.05) is 24.5 Å². The molecule has 0 spiro atoms. The zero-order valence-corrected chi connectivity index (χ0v) is 32.6. The van der Waals surface area contributed by atoms with Crippen molar-refractivity contribution in [2.24, 2.45) is 34.1 Å². The molecule has 3 aliphatic carbocycles. The number of ether oxygens (including phenoxy) is 2. The summed E-state index contributed by atoms with van der Waals surface area (Å²) in [6, 6.07) is 13.6. The highest BCUT2D eigenvalue weighted by molar-refractivity contribution is 5.92. The van der Waals surface area contributed by atoms with Gasteiger partial charge in [-0.25, -0.2) is 0 Å². The van der Waals surface area contributed by atoms with Gasteiger partial charge >= 0.3 is 0 Å². The van der Waals surface area contributed by atoms with Gasteiger partial charge in [0.05, 0.1) is 32.1 Å². The van der Waals surface area contributed by atoms with E-state index in [1.54, 1.807) is 0 Å². The van der Waals surface area contributed by atoms with Gasteiger partial charge in [-0.1, -0.05) is 62.3 Å². The molecular weight excluding hydrogens is 702 g/mol. The Morgan fingerprint density at radius 1 is 0.945 bits per heavy atom. The van der Waals surface area contributed by atoms with Crippen molar-refractivity contribution in [2.75, 3.05) is 46.1 Å². The van der Waals surface area contributed by atoms with Gasteiger partial charge in [-0.05, 0) is 104 Å². The quantitative estimate of drug-likeness (QED) is 0.0867. The minimum absolute atomic E-state index is 0.0102. The topological polar surface area (TPSA) is 194 Å². The summed E-state index contributed by atoms with van der Waals surface area (Å²) < 4.78 is 11.1. The van der Waals surface area contributed by atoms with E-state index in [9.17, 15) is 24.6 Å². The second-order valence-electron chi connectivity index (χ2n) is 16.0. The number of aliphatic hydroxyl groups is 1. The number of nitrogens with one attached hydrogen (secondary N) is 3. The Balaban J connectivity index is 0.905. The van der Waals surface area contributed by atoms with Crippen LogP contribution in [0.25, 0.3) is 0 Å². The van der Waals surface area contributed by atoms with Crippen molar-refractivity contribution in [2.45, 2.75) is 96.2 Å². The highest BCUT2D eigenvalue weighted by Gasteiger charge is 2.53. The zero-order valence-electron chi connectivity index (χ0n) is 32.6. The maximum absolute atomic E-state index is 12.9. The molecule has 0 aliphatic heterocycles. The first-order valence-corrected chi connectivity index (χ1v) is 19.9. The number of hydrogen-bond donors (Lipinski definition) is 6. The molecule has 2 aromatic carbocycles. The number of oxime groups is 1. The van der Waals surface area contributed by atoms with Gasteiger partial charge in [0.15, 0.2) is 6.61 Å². The van der Waals surface area contributed by atoms with Crippen molar-refractivity contribution in [3.05, 3.63) is 65.2 Å². The number of aryl methyl sites for hydroxylation is 1. The Kier molecular flexibility index (Phi) is 15.5. The molecule has 302 valence electrons. The van der Waals surface area contributed by atoms with Crippen LogP contribution in [0.5, 0.6) is 5.75 Å². The third-order valence-electron chi connectivity index (χ3n) is 11.6. The molecule has 13 heteroatoms. The molecular formula is C42H61N5O8. The molecule has 7 atom stereocenters. The van der Waals surface area contributed by atoms with Gasteiger partial charge in [0.1, 0.15) is 17.9 Å². The van der Waals surface area contributed by atoms with E-state index in [4.69, 9.17) is 20.0 Å². The van der Waals surface area contributed by atoms with Gasteiger partial charge < -0.3 is 46.2 Å². The maximum Gasteiger partial charge on any atom is 0.260 e. The molecule has 3 aliphatic rings. The molecule has 0 bridgehead atoms. The lowest BCUT2D eigenvalue weighted by Gasteiger charge is -2.49. The fraction of sp³-hybridized carbons (Fsp3) is 0.619. The SMILES string of the molecule is CC(C)C[C@H](NC(=O)[C@@H](O)[C@H](N)Cc1ccccc1)C(=O)NCCOCCOCCNC(=O)CON=C1CC[C@H]2[C@@H]3CCc4cc(O)ccc4[C@H]3CC[C@]12C. The number of phenolic OH excluding ortho intramolecular Hbond substituents is 1. The minimum atomic E-state index is -1.46. The van der Waals surface area contributed by atoms with Crippen LogP contribution in [0.3, 0.4) is 0 Å². The van der Waals surface area contributed by atoms with Crippen molar-refractivity contribution >= 4 is 23.4 Å². The molecule has 2 fully saturated rings. The van der Waals surface area contributed by atoms with Crippen molar-refractivity contribution in [1.29, 1.82) is 0 Å². The number of nitrogens with zero attached hydrogens (tertiary/aromatic N) is 1. The summed E-state index contributed by atoms with van der Waals surface area (Å²) in [5, 5.41) is 33.2. The maximum atomic E-state index is 12.9. The van der Waals surface area contributed by atoms with Gasteiger partial charge in [0.25, 0.3) is 11.8 Å². The van der Waals surface area contributed by atoms with Gasteiger partial charge in [-0.15, -0.1) is 0 Å². The molecule has 3 amide bonds. The fourth-order valence-electron chi connectivity index (χ4n) is 8.83. The molecule has 0 radical (unpaired) electrons. The molecule has 7 N–H and O–H groups in total. The lowest BCUT2D eigenvalue weighted by atomic mass is 9.55. The number of aliphatic hydroxyl groups excluding tert-OH is 1. The Morgan fingerprint density at radius 2 is 1.67 bits per heavy atom. The normalized spacial score (nSPS) is 23.9. The van der Waals surface area contributed by atoms with E-state index in [1.807, 2.05) is 56.3 Å². The average Bonchev–Trinajstić information content (AvgIpc) is 3.50. The number of carbonyl (C=O) groups is 3.